The van der Waals surface area contributed by atoms with E-state index in [4.69, 9.17) is 0 Å². The Labute approximate surface area is 130 Å². The third-order valence-corrected chi connectivity index (χ3v) is 5.71. The van der Waals surface area contributed by atoms with Crippen LogP contribution in [0, 0.1) is 0 Å². The van der Waals surface area contributed by atoms with Gasteiger partial charge in [-0.15, -0.1) is 0 Å². The number of benzene rings is 1. The summed E-state index contributed by atoms with van der Waals surface area (Å²) in [7, 11) is 0. The molecule has 3 rings (SSSR count). The molecule has 4 heteroatoms. The van der Waals surface area contributed by atoms with Crippen LogP contribution in [0.3, 0.4) is 0 Å². The number of thioether (sulfide) groups is 1. The summed E-state index contributed by atoms with van der Waals surface area (Å²) in [5.74, 6) is 2.39. The quantitative estimate of drug-likeness (QED) is 0.898. The third kappa shape index (κ3) is 3.61. The predicted molar refractivity (Wildman–Crippen MR) is 86.6 cm³/mol. The average molecular weight is 305 g/mol. The molecule has 1 aliphatic heterocycles. The monoisotopic (exact) mass is 305 g/mol. The van der Waals surface area contributed by atoms with Gasteiger partial charge in [0.25, 0.3) is 0 Å². The SMILES string of the molecule is O=C(CC1CCc2ccccc21)NCC1(O)CCSCC1. The van der Waals surface area contributed by atoms with Crippen LogP contribution in [-0.4, -0.2) is 34.7 Å². The van der Waals surface area contributed by atoms with Gasteiger partial charge >= 0.3 is 0 Å². The number of nitrogens with one attached hydrogen (secondary N) is 1. The molecule has 0 spiro atoms. The molecule has 0 bridgehead atoms. The van der Waals surface area contributed by atoms with Crippen LogP contribution in [0.1, 0.15) is 42.7 Å². The molecule has 114 valence electrons. The number of rotatable bonds is 4. The van der Waals surface area contributed by atoms with Crippen LogP contribution in [0.25, 0.3) is 0 Å². The molecule has 0 saturated carbocycles. The first kappa shape index (κ1) is 14.9. The first-order valence-corrected chi connectivity index (χ1v) is 8.96. The minimum atomic E-state index is -0.686. The van der Waals surface area contributed by atoms with Gasteiger partial charge in [0.1, 0.15) is 0 Å². The maximum absolute atomic E-state index is 12.2. The van der Waals surface area contributed by atoms with Crippen LogP contribution in [0.4, 0.5) is 0 Å². The summed E-state index contributed by atoms with van der Waals surface area (Å²) in [5.41, 5.74) is 2.03. The first-order valence-electron chi connectivity index (χ1n) is 7.81. The van der Waals surface area contributed by atoms with Crippen LogP contribution in [0.2, 0.25) is 0 Å². The molecule has 0 radical (unpaired) electrons. The predicted octanol–water partition coefficient (Wildman–Crippen LogP) is 2.48. The van der Waals surface area contributed by atoms with Gasteiger partial charge in [0.2, 0.25) is 5.91 Å². The van der Waals surface area contributed by atoms with Gasteiger partial charge in [-0.3, -0.25) is 4.79 Å². The fourth-order valence-electron chi connectivity index (χ4n) is 3.34. The third-order valence-electron chi connectivity index (χ3n) is 4.73. The maximum Gasteiger partial charge on any atom is 0.220 e. The van der Waals surface area contributed by atoms with Crippen molar-refractivity contribution in [2.75, 3.05) is 18.1 Å². The van der Waals surface area contributed by atoms with E-state index >= 15 is 0 Å². The minimum absolute atomic E-state index is 0.0726. The van der Waals surface area contributed by atoms with Gasteiger partial charge in [0.05, 0.1) is 5.60 Å². The van der Waals surface area contributed by atoms with E-state index < -0.39 is 5.60 Å². The van der Waals surface area contributed by atoms with Gasteiger partial charge in [-0.05, 0) is 54.2 Å². The zero-order valence-corrected chi connectivity index (χ0v) is 13.1. The highest BCUT2D eigenvalue weighted by molar-refractivity contribution is 7.99. The van der Waals surface area contributed by atoms with Crippen LogP contribution >= 0.6 is 11.8 Å². The van der Waals surface area contributed by atoms with E-state index in [-0.39, 0.29) is 5.91 Å². The molecule has 1 saturated heterocycles. The molecule has 1 aromatic rings. The van der Waals surface area contributed by atoms with E-state index in [1.807, 2.05) is 11.8 Å². The summed E-state index contributed by atoms with van der Waals surface area (Å²) in [4.78, 5) is 12.2. The van der Waals surface area contributed by atoms with E-state index in [0.29, 0.717) is 18.9 Å². The van der Waals surface area contributed by atoms with Gasteiger partial charge in [-0.1, -0.05) is 24.3 Å². The van der Waals surface area contributed by atoms with E-state index in [1.165, 1.54) is 11.1 Å². The number of aryl methyl sites for hydroxylation is 1. The Balaban J connectivity index is 1.51. The summed E-state index contributed by atoms with van der Waals surface area (Å²) in [5, 5.41) is 13.4. The smallest absolute Gasteiger partial charge is 0.220 e. The molecule has 0 aromatic heterocycles. The number of hydrogen-bond donors (Lipinski definition) is 2. The van der Waals surface area contributed by atoms with Gasteiger partial charge in [-0.25, -0.2) is 0 Å². The van der Waals surface area contributed by atoms with Crippen molar-refractivity contribution in [2.45, 2.75) is 43.6 Å². The minimum Gasteiger partial charge on any atom is -0.388 e. The van der Waals surface area contributed by atoms with Crippen molar-refractivity contribution in [3.63, 3.8) is 0 Å². The lowest BCUT2D eigenvalue weighted by Crippen LogP contribution is -2.45. The Hall–Kier alpha value is -1.00. The fraction of sp³-hybridized carbons (Fsp3) is 0.588. The van der Waals surface area contributed by atoms with Crippen LogP contribution in [-0.2, 0) is 11.2 Å². The zero-order valence-electron chi connectivity index (χ0n) is 12.3. The highest BCUT2D eigenvalue weighted by atomic mass is 32.2. The molecule has 3 nitrogen and oxygen atoms in total. The molecular formula is C17H23NO2S. The van der Waals surface area contributed by atoms with E-state index in [1.54, 1.807) is 0 Å². The van der Waals surface area contributed by atoms with Crippen LogP contribution < -0.4 is 5.32 Å². The Morgan fingerprint density at radius 2 is 2.10 bits per heavy atom. The van der Waals surface area contributed by atoms with Gasteiger partial charge in [0.15, 0.2) is 0 Å². The fourth-order valence-corrected chi connectivity index (χ4v) is 4.60. The lowest BCUT2D eigenvalue weighted by molar-refractivity contribution is -0.122. The molecule has 1 heterocycles. The molecule has 21 heavy (non-hydrogen) atoms. The second kappa shape index (κ2) is 6.41. The molecule has 1 atom stereocenters. The number of hydrogen-bond acceptors (Lipinski definition) is 3. The molecule has 1 aromatic carbocycles. The van der Waals surface area contributed by atoms with Crippen LogP contribution in [0.5, 0.6) is 0 Å². The van der Waals surface area contributed by atoms with Gasteiger partial charge < -0.3 is 10.4 Å². The molecule has 2 aliphatic rings. The van der Waals surface area contributed by atoms with Crippen molar-refractivity contribution >= 4 is 17.7 Å². The molecule has 2 N–H and O–H groups in total. The summed E-state index contributed by atoms with van der Waals surface area (Å²) in [6.07, 6.45) is 4.25. The van der Waals surface area contributed by atoms with Crippen LogP contribution in [0.15, 0.2) is 24.3 Å². The maximum atomic E-state index is 12.2. The van der Waals surface area contributed by atoms with Crippen molar-refractivity contribution in [3.8, 4) is 0 Å². The first-order chi connectivity index (χ1) is 10.2. The summed E-state index contributed by atoms with van der Waals surface area (Å²) in [6.45, 7) is 0.404. The summed E-state index contributed by atoms with van der Waals surface area (Å²) >= 11 is 1.88. The highest BCUT2D eigenvalue weighted by Gasteiger charge is 2.30. The normalized spacial score (nSPS) is 23.6. The van der Waals surface area contributed by atoms with Crippen molar-refractivity contribution in [1.82, 2.24) is 5.32 Å². The molecule has 1 aliphatic carbocycles. The Morgan fingerprint density at radius 1 is 1.33 bits per heavy atom. The number of aliphatic hydroxyl groups is 1. The highest BCUT2D eigenvalue weighted by Crippen LogP contribution is 2.35. The topological polar surface area (TPSA) is 49.3 Å². The molecular weight excluding hydrogens is 282 g/mol. The lowest BCUT2D eigenvalue weighted by atomic mass is 9.95. The summed E-state index contributed by atoms with van der Waals surface area (Å²) < 4.78 is 0. The average Bonchev–Trinajstić information content (AvgIpc) is 2.90. The zero-order chi connectivity index (χ0) is 14.7. The van der Waals surface area contributed by atoms with E-state index in [0.717, 1.165) is 37.2 Å². The Morgan fingerprint density at radius 3 is 2.90 bits per heavy atom. The van der Waals surface area contributed by atoms with Crippen molar-refractivity contribution in [1.29, 1.82) is 0 Å². The Bertz CT molecular complexity index is 511. The van der Waals surface area contributed by atoms with Crippen molar-refractivity contribution < 1.29 is 9.90 Å². The summed E-state index contributed by atoms with van der Waals surface area (Å²) in [6, 6.07) is 8.43. The lowest BCUT2D eigenvalue weighted by Gasteiger charge is -2.32. The van der Waals surface area contributed by atoms with E-state index in [9.17, 15) is 9.90 Å². The number of carbonyl (C=O) groups excluding carboxylic acids is 1. The van der Waals surface area contributed by atoms with Crippen molar-refractivity contribution in [3.05, 3.63) is 35.4 Å². The van der Waals surface area contributed by atoms with Crippen molar-refractivity contribution in [2.24, 2.45) is 0 Å². The number of carbonyl (C=O) groups is 1. The number of fused-ring (bicyclic) bond motifs is 1. The molecule has 1 amide bonds. The second-order valence-electron chi connectivity index (χ2n) is 6.25. The standard InChI is InChI=1S/C17H23NO2S/c19-16(18-12-17(20)7-9-21-10-8-17)11-14-6-5-13-3-1-2-4-15(13)14/h1-4,14,20H,5-12H2,(H,18,19). The molecule has 1 fully saturated rings. The number of amides is 1. The van der Waals surface area contributed by atoms with Gasteiger partial charge in [0, 0.05) is 13.0 Å². The Kier molecular flexibility index (Phi) is 4.55. The molecule has 1 unspecified atom stereocenters. The van der Waals surface area contributed by atoms with E-state index in [2.05, 4.69) is 29.6 Å². The largest absolute Gasteiger partial charge is 0.388 e. The van der Waals surface area contributed by atoms with Gasteiger partial charge in [-0.2, -0.15) is 11.8 Å². The second-order valence-corrected chi connectivity index (χ2v) is 7.48.